The zero-order chi connectivity index (χ0) is 14.6. The first kappa shape index (κ1) is 16.8. The van der Waals surface area contributed by atoms with Crippen LogP contribution < -0.4 is 5.73 Å². The molecule has 4 heteroatoms. The lowest BCUT2D eigenvalue weighted by Crippen LogP contribution is -2.09. The molecule has 0 fully saturated rings. The lowest BCUT2D eigenvalue weighted by Gasteiger charge is -2.02. The summed E-state index contributed by atoms with van der Waals surface area (Å²) in [5.74, 6) is 0.613. The third kappa shape index (κ3) is 8.75. The van der Waals surface area contributed by atoms with Gasteiger partial charge < -0.3 is 5.73 Å². The maximum Gasteiger partial charge on any atom is 0.217 e. The Morgan fingerprint density at radius 2 is 1.60 bits per heavy atom. The molecule has 0 atom stereocenters. The number of thioether (sulfide) groups is 1. The van der Waals surface area contributed by atoms with Crippen molar-refractivity contribution in [2.24, 2.45) is 5.73 Å². The second-order valence-corrected chi connectivity index (χ2v) is 5.99. The van der Waals surface area contributed by atoms with E-state index >= 15 is 0 Å². The van der Waals surface area contributed by atoms with Crippen LogP contribution in [0.25, 0.3) is 0 Å². The van der Waals surface area contributed by atoms with E-state index in [-0.39, 0.29) is 11.0 Å². The summed E-state index contributed by atoms with van der Waals surface area (Å²) in [6.07, 6.45) is 5.76. The molecule has 2 N–H and O–H groups in total. The molecule has 1 rings (SSSR count). The number of benzene rings is 1. The van der Waals surface area contributed by atoms with Crippen molar-refractivity contribution in [2.45, 2.75) is 44.9 Å². The number of rotatable bonds is 10. The third-order valence-electron chi connectivity index (χ3n) is 3.05. The van der Waals surface area contributed by atoms with Gasteiger partial charge in [0.15, 0.2) is 5.12 Å². The Hall–Kier alpha value is -1.29. The number of unbranched alkanes of at least 4 members (excludes halogenated alkanes) is 3. The molecule has 0 aliphatic carbocycles. The van der Waals surface area contributed by atoms with Crippen LogP contribution in [-0.2, 0) is 16.0 Å². The molecule has 110 valence electrons. The third-order valence-corrected chi connectivity index (χ3v) is 3.99. The molecule has 0 unspecified atom stereocenters. The predicted molar refractivity (Wildman–Crippen MR) is 84.5 cm³/mol. The number of primary amides is 1. The van der Waals surface area contributed by atoms with Crippen LogP contribution in [0.1, 0.15) is 44.1 Å². The first-order chi connectivity index (χ1) is 9.68. The molecule has 1 aromatic rings. The largest absolute Gasteiger partial charge is 0.370 e. The zero-order valence-electron chi connectivity index (χ0n) is 11.8. The second-order valence-electron chi connectivity index (χ2n) is 4.84. The molecule has 3 nitrogen and oxygen atoms in total. The lowest BCUT2D eigenvalue weighted by molar-refractivity contribution is -0.118. The highest BCUT2D eigenvalue weighted by Crippen LogP contribution is 2.13. The van der Waals surface area contributed by atoms with Gasteiger partial charge >= 0.3 is 0 Å². The Bertz CT molecular complexity index is 406. The SMILES string of the molecule is NC(=O)CCCCCCC(=O)SCCc1ccccc1. The van der Waals surface area contributed by atoms with Crippen LogP contribution in [0.2, 0.25) is 0 Å². The van der Waals surface area contributed by atoms with Crippen LogP contribution in [0.5, 0.6) is 0 Å². The van der Waals surface area contributed by atoms with Crippen molar-refractivity contribution < 1.29 is 9.59 Å². The molecule has 0 saturated carbocycles. The summed E-state index contributed by atoms with van der Waals surface area (Å²) in [5, 5.41) is 0.274. The molecule has 0 aliphatic rings. The molecule has 0 radical (unpaired) electrons. The minimum Gasteiger partial charge on any atom is -0.370 e. The van der Waals surface area contributed by atoms with Crippen molar-refractivity contribution in [1.29, 1.82) is 0 Å². The average molecular weight is 293 g/mol. The van der Waals surface area contributed by atoms with E-state index in [1.807, 2.05) is 18.2 Å². The zero-order valence-corrected chi connectivity index (χ0v) is 12.7. The van der Waals surface area contributed by atoms with Gasteiger partial charge in [0, 0.05) is 18.6 Å². The number of nitrogens with two attached hydrogens (primary N) is 1. The van der Waals surface area contributed by atoms with Crippen molar-refractivity contribution in [3.8, 4) is 0 Å². The quantitative estimate of drug-likeness (QED) is 0.673. The lowest BCUT2D eigenvalue weighted by atomic mass is 10.1. The number of carbonyl (C=O) groups is 2. The van der Waals surface area contributed by atoms with E-state index in [2.05, 4.69) is 12.1 Å². The molecule has 20 heavy (non-hydrogen) atoms. The fourth-order valence-electron chi connectivity index (χ4n) is 1.92. The Labute approximate surface area is 125 Å². The summed E-state index contributed by atoms with van der Waals surface area (Å²) in [7, 11) is 0. The topological polar surface area (TPSA) is 60.2 Å². The number of hydrogen-bond donors (Lipinski definition) is 1. The minimum absolute atomic E-state index is 0.238. The van der Waals surface area contributed by atoms with Gasteiger partial charge in [-0.2, -0.15) is 0 Å². The van der Waals surface area contributed by atoms with Gasteiger partial charge in [-0.1, -0.05) is 54.9 Å². The van der Waals surface area contributed by atoms with Crippen molar-refractivity contribution in [1.82, 2.24) is 0 Å². The van der Waals surface area contributed by atoms with Crippen molar-refractivity contribution in [3.63, 3.8) is 0 Å². The monoisotopic (exact) mass is 293 g/mol. The average Bonchev–Trinajstić information content (AvgIpc) is 2.43. The summed E-state index contributed by atoms with van der Waals surface area (Å²) in [4.78, 5) is 22.2. The highest BCUT2D eigenvalue weighted by Gasteiger charge is 2.03. The van der Waals surface area contributed by atoms with Crippen LogP contribution in [0.3, 0.4) is 0 Å². The van der Waals surface area contributed by atoms with Gasteiger partial charge in [0.05, 0.1) is 0 Å². The van der Waals surface area contributed by atoms with Gasteiger partial charge in [-0.05, 0) is 24.8 Å². The maximum absolute atomic E-state index is 11.7. The fraction of sp³-hybridized carbons (Fsp3) is 0.500. The normalized spacial score (nSPS) is 10.4. The first-order valence-electron chi connectivity index (χ1n) is 7.16. The molecule has 0 bridgehead atoms. The van der Waals surface area contributed by atoms with Crippen molar-refractivity contribution in [2.75, 3.05) is 5.75 Å². The molecule has 0 aliphatic heterocycles. The van der Waals surface area contributed by atoms with Crippen LogP contribution in [0.4, 0.5) is 0 Å². The molecule has 0 saturated heterocycles. The Kier molecular flexibility index (Phi) is 8.79. The summed E-state index contributed by atoms with van der Waals surface area (Å²) in [6.45, 7) is 0. The summed E-state index contributed by atoms with van der Waals surface area (Å²) >= 11 is 1.43. The Morgan fingerprint density at radius 3 is 2.25 bits per heavy atom. The van der Waals surface area contributed by atoms with Gasteiger partial charge in [0.2, 0.25) is 5.91 Å². The van der Waals surface area contributed by atoms with Crippen molar-refractivity contribution >= 4 is 22.8 Å². The van der Waals surface area contributed by atoms with Gasteiger partial charge in [-0.25, -0.2) is 0 Å². The Balaban J connectivity index is 1.97. The number of amides is 1. The number of carbonyl (C=O) groups excluding carboxylic acids is 2. The highest BCUT2D eigenvalue weighted by atomic mass is 32.2. The fourth-order valence-corrected chi connectivity index (χ4v) is 2.78. The molecule has 0 aromatic heterocycles. The van der Waals surface area contributed by atoms with Gasteiger partial charge in [-0.15, -0.1) is 0 Å². The first-order valence-corrected chi connectivity index (χ1v) is 8.15. The molecule has 1 amide bonds. The van der Waals surface area contributed by atoms with E-state index in [1.165, 1.54) is 17.3 Å². The molecule has 1 aromatic carbocycles. The minimum atomic E-state index is -0.238. The van der Waals surface area contributed by atoms with Crippen LogP contribution in [0, 0.1) is 0 Å². The predicted octanol–water partition coefficient (Wildman–Crippen LogP) is 3.31. The van der Waals surface area contributed by atoms with Gasteiger partial charge in [0.1, 0.15) is 0 Å². The smallest absolute Gasteiger partial charge is 0.217 e. The van der Waals surface area contributed by atoms with E-state index in [1.54, 1.807) is 0 Å². The van der Waals surface area contributed by atoms with E-state index in [0.717, 1.165) is 37.9 Å². The van der Waals surface area contributed by atoms with Gasteiger partial charge in [-0.3, -0.25) is 9.59 Å². The van der Waals surface area contributed by atoms with Gasteiger partial charge in [0.25, 0.3) is 0 Å². The molecule has 0 spiro atoms. The van der Waals surface area contributed by atoms with E-state index in [0.29, 0.717) is 12.8 Å². The van der Waals surface area contributed by atoms with Crippen molar-refractivity contribution in [3.05, 3.63) is 35.9 Å². The van der Waals surface area contributed by atoms with Crippen LogP contribution >= 0.6 is 11.8 Å². The number of hydrogen-bond acceptors (Lipinski definition) is 3. The highest BCUT2D eigenvalue weighted by molar-refractivity contribution is 8.13. The summed E-state index contributed by atoms with van der Waals surface area (Å²) in [5.41, 5.74) is 6.34. The number of aryl methyl sites for hydroxylation is 1. The molecule has 0 heterocycles. The summed E-state index contributed by atoms with van der Waals surface area (Å²) in [6, 6.07) is 10.2. The van der Waals surface area contributed by atoms with E-state index < -0.39 is 0 Å². The van der Waals surface area contributed by atoms with E-state index in [4.69, 9.17) is 5.73 Å². The molecular formula is C16H23NO2S. The molecular weight excluding hydrogens is 270 g/mol. The second kappa shape index (κ2) is 10.5. The van der Waals surface area contributed by atoms with E-state index in [9.17, 15) is 9.59 Å². The van der Waals surface area contributed by atoms with Crippen LogP contribution in [-0.4, -0.2) is 16.8 Å². The standard InChI is InChI=1S/C16H23NO2S/c17-15(18)10-6-1-2-7-11-16(19)20-13-12-14-8-4-3-5-9-14/h3-5,8-9H,1-2,6-7,10-13H2,(H2,17,18). The van der Waals surface area contributed by atoms with Crippen LogP contribution in [0.15, 0.2) is 30.3 Å². The Morgan fingerprint density at radius 1 is 0.950 bits per heavy atom. The summed E-state index contributed by atoms with van der Waals surface area (Å²) < 4.78 is 0. The maximum atomic E-state index is 11.7.